The molecule has 3 aromatic rings. The fraction of sp³-hybridized carbons (Fsp3) is 0.143. The summed E-state index contributed by atoms with van der Waals surface area (Å²) in [6, 6.07) is 7.59. The zero-order valence-electron chi connectivity index (χ0n) is 10.8. The van der Waals surface area contributed by atoms with Crippen LogP contribution in [0.25, 0.3) is 11.0 Å². The minimum absolute atomic E-state index is 0.186. The molecule has 0 spiro atoms. The first kappa shape index (κ1) is 13.1. The van der Waals surface area contributed by atoms with Crippen LogP contribution in [-0.4, -0.2) is 9.97 Å². The van der Waals surface area contributed by atoms with Crippen LogP contribution in [0.3, 0.4) is 0 Å². The number of fused-ring (bicyclic) bond motifs is 1. The molecule has 0 aliphatic rings. The predicted octanol–water partition coefficient (Wildman–Crippen LogP) is 3.41. The van der Waals surface area contributed by atoms with Crippen LogP contribution in [0.5, 0.6) is 5.75 Å². The van der Waals surface area contributed by atoms with Crippen LogP contribution in [0, 0.1) is 6.92 Å². The van der Waals surface area contributed by atoms with Gasteiger partial charge in [-0.15, -0.1) is 11.3 Å². The Kier molecular flexibility index (Phi) is 3.42. The number of nitrogens with two attached hydrogens (primary N) is 1. The van der Waals surface area contributed by atoms with Crippen molar-refractivity contribution in [1.29, 1.82) is 0 Å². The van der Waals surface area contributed by atoms with Crippen LogP contribution in [-0.2, 0) is 6.61 Å². The van der Waals surface area contributed by atoms with E-state index in [0.717, 1.165) is 16.1 Å². The van der Waals surface area contributed by atoms with Crippen molar-refractivity contribution in [2.24, 2.45) is 5.73 Å². The number of aromatic nitrogens is 1. The SMILES string of the molecule is Cc1nc(COc2c(C(N)=S)oc3ccccc23)cs1. The van der Waals surface area contributed by atoms with E-state index in [1.807, 2.05) is 36.6 Å². The third kappa shape index (κ3) is 2.39. The number of thiocarbonyl (C=S) groups is 1. The molecule has 0 unspecified atom stereocenters. The molecule has 0 saturated carbocycles. The standard InChI is InChI=1S/C14H12N2O2S2/c1-8-16-9(7-20-8)6-17-12-10-4-2-3-5-11(10)18-13(12)14(15)19/h2-5,7H,6H2,1H3,(H2,15,19). The van der Waals surface area contributed by atoms with Gasteiger partial charge in [0, 0.05) is 5.38 Å². The molecule has 2 aromatic heterocycles. The average Bonchev–Trinajstić information content (AvgIpc) is 3.00. The molecule has 0 saturated heterocycles. The van der Waals surface area contributed by atoms with Crippen molar-refractivity contribution in [1.82, 2.24) is 4.98 Å². The monoisotopic (exact) mass is 304 g/mol. The smallest absolute Gasteiger partial charge is 0.204 e. The number of thiazole rings is 1. The fourth-order valence-corrected chi connectivity index (χ4v) is 2.68. The van der Waals surface area contributed by atoms with E-state index in [-0.39, 0.29) is 4.99 Å². The van der Waals surface area contributed by atoms with E-state index in [1.54, 1.807) is 11.3 Å². The second-order valence-electron chi connectivity index (χ2n) is 4.27. The summed E-state index contributed by atoms with van der Waals surface area (Å²) in [6.45, 7) is 2.32. The molecule has 0 amide bonds. The lowest BCUT2D eigenvalue weighted by Crippen LogP contribution is -2.10. The molecule has 1 aromatic carbocycles. The normalized spacial score (nSPS) is 10.8. The number of furan rings is 1. The number of benzene rings is 1. The highest BCUT2D eigenvalue weighted by Gasteiger charge is 2.17. The quantitative estimate of drug-likeness (QED) is 0.748. The zero-order chi connectivity index (χ0) is 14.1. The Labute approximate surface area is 125 Å². The number of aryl methyl sites for hydroxylation is 1. The van der Waals surface area contributed by atoms with Crippen molar-refractivity contribution < 1.29 is 9.15 Å². The maximum atomic E-state index is 5.83. The first-order valence-electron chi connectivity index (χ1n) is 6.00. The van der Waals surface area contributed by atoms with E-state index in [0.29, 0.717) is 23.7 Å². The van der Waals surface area contributed by atoms with Crippen LogP contribution in [0.15, 0.2) is 34.1 Å². The van der Waals surface area contributed by atoms with Crippen molar-refractivity contribution in [3.8, 4) is 5.75 Å². The Morgan fingerprint density at radius 2 is 2.25 bits per heavy atom. The van der Waals surface area contributed by atoms with Gasteiger partial charge in [0.1, 0.15) is 17.2 Å². The van der Waals surface area contributed by atoms with Gasteiger partial charge >= 0.3 is 0 Å². The van der Waals surface area contributed by atoms with Crippen LogP contribution >= 0.6 is 23.6 Å². The molecule has 3 rings (SSSR count). The minimum atomic E-state index is 0.186. The molecule has 0 bridgehead atoms. The van der Waals surface area contributed by atoms with Crippen molar-refractivity contribution >= 4 is 39.5 Å². The Bertz CT molecular complexity index is 776. The van der Waals surface area contributed by atoms with Gasteiger partial charge in [0.15, 0.2) is 5.75 Å². The zero-order valence-corrected chi connectivity index (χ0v) is 12.4. The lowest BCUT2D eigenvalue weighted by molar-refractivity contribution is 0.300. The molecule has 0 fully saturated rings. The minimum Gasteiger partial charge on any atom is -0.482 e. The number of ether oxygens (including phenoxy) is 1. The van der Waals surface area contributed by atoms with E-state index in [4.69, 9.17) is 27.1 Å². The molecule has 0 aliphatic carbocycles. The van der Waals surface area contributed by atoms with Gasteiger partial charge in [0.2, 0.25) is 5.76 Å². The lowest BCUT2D eigenvalue weighted by Gasteiger charge is -2.04. The van der Waals surface area contributed by atoms with Crippen LogP contribution in [0.4, 0.5) is 0 Å². The first-order valence-corrected chi connectivity index (χ1v) is 7.29. The Hall–Kier alpha value is -1.92. The molecule has 2 N–H and O–H groups in total. The van der Waals surface area contributed by atoms with E-state index in [2.05, 4.69) is 4.98 Å². The molecule has 20 heavy (non-hydrogen) atoms. The Balaban J connectivity index is 1.96. The molecule has 0 atom stereocenters. The molecule has 0 radical (unpaired) electrons. The van der Waals surface area contributed by atoms with Gasteiger partial charge < -0.3 is 14.9 Å². The summed E-state index contributed by atoms with van der Waals surface area (Å²) in [7, 11) is 0. The molecule has 4 nitrogen and oxygen atoms in total. The third-order valence-corrected chi connectivity index (χ3v) is 3.81. The Morgan fingerprint density at radius 3 is 2.95 bits per heavy atom. The summed E-state index contributed by atoms with van der Waals surface area (Å²) in [5, 5.41) is 3.84. The molecule has 2 heterocycles. The number of hydrogen-bond donors (Lipinski definition) is 1. The summed E-state index contributed by atoms with van der Waals surface area (Å²) in [5.41, 5.74) is 7.28. The van der Waals surface area contributed by atoms with Gasteiger partial charge in [0.05, 0.1) is 16.1 Å². The van der Waals surface area contributed by atoms with Gasteiger partial charge in [-0.2, -0.15) is 0 Å². The highest BCUT2D eigenvalue weighted by atomic mass is 32.1. The first-order chi connectivity index (χ1) is 9.65. The largest absolute Gasteiger partial charge is 0.482 e. The highest BCUT2D eigenvalue weighted by Crippen LogP contribution is 2.33. The predicted molar refractivity (Wildman–Crippen MR) is 83.3 cm³/mol. The summed E-state index contributed by atoms with van der Waals surface area (Å²) >= 11 is 6.61. The average molecular weight is 304 g/mol. The van der Waals surface area contributed by atoms with E-state index < -0.39 is 0 Å². The summed E-state index contributed by atoms with van der Waals surface area (Å²) in [6.07, 6.45) is 0. The van der Waals surface area contributed by atoms with Gasteiger partial charge in [-0.25, -0.2) is 4.98 Å². The van der Waals surface area contributed by atoms with E-state index in [9.17, 15) is 0 Å². The van der Waals surface area contributed by atoms with Crippen LogP contribution in [0.2, 0.25) is 0 Å². The van der Waals surface area contributed by atoms with Gasteiger partial charge in [-0.3, -0.25) is 0 Å². The van der Waals surface area contributed by atoms with E-state index in [1.165, 1.54) is 0 Å². The van der Waals surface area contributed by atoms with Crippen molar-refractivity contribution in [3.63, 3.8) is 0 Å². The summed E-state index contributed by atoms with van der Waals surface area (Å²) < 4.78 is 11.5. The molecule has 0 aliphatic heterocycles. The van der Waals surface area contributed by atoms with Crippen LogP contribution < -0.4 is 10.5 Å². The van der Waals surface area contributed by atoms with Crippen molar-refractivity contribution in [2.45, 2.75) is 13.5 Å². The molecular formula is C14H12N2O2S2. The topological polar surface area (TPSA) is 61.3 Å². The highest BCUT2D eigenvalue weighted by molar-refractivity contribution is 7.80. The number of para-hydroxylation sites is 1. The van der Waals surface area contributed by atoms with Gasteiger partial charge in [0.25, 0.3) is 0 Å². The number of hydrogen-bond acceptors (Lipinski definition) is 5. The Morgan fingerprint density at radius 1 is 1.45 bits per heavy atom. The summed E-state index contributed by atoms with van der Waals surface area (Å²) in [5.74, 6) is 0.993. The maximum absolute atomic E-state index is 5.83. The van der Waals surface area contributed by atoms with E-state index >= 15 is 0 Å². The molecular weight excluding hydrogens is 292 g/mol. The maximum Gasteiger partial charge on any atom is 0.204 e. The third-order valence-electron chi connectivity index (χ3n) is 2.80. The fourth-order valence-electron chi connectivity index (χ4n) is 1.95. The van der Waals surface area contributed by atoms with Gasteiger partial charge in [-0.1, -0.05) is 24.4 Å². The van der Waals surface area contributed by atoms with Crippen LogP contribution in [0.1, 0.15) is 16.5 Å². The molecule has 6 heteroatoms. The lowest BCUT2D eigenvalue weighted by atomic mass is 10.2. The summed E-state index contributed by atoms with van der Waals surface area (Å²) in [4.78, 5) is 4.55. The second kappa shape index (κ2) is 5.22. The number of rotatable bonds is 4. The van der Waals surface area contributed by atoms with Crippen molar-refractivity contribution in [2.75, 3.05) is 0 Å². The van der Waals surface area contributed by atoms with Gasteiger partial charge in [-0.05, 0) is 19.1 Å². The second-order valence-corrected chi connectivity index (χ2v) is 5.77. The number of nitrogens with zero attached hydrogens (tertiary/aromatic N) is 1. The molecule has 102 valence electrons. The van der Waals surface area contributed by atoms with Crippen molar-refractivity contribution in [3.05, 3.63) is 46.1 Å².